The average molecular weight is 267 g/mol. The third kappa shape index (κ3) is 2.81. The van der Waals surface area contributed by atoms with Gasteiger partial charge in [0.2, 0.25) is 0 Å². The number of benzene rings is 1. The molecular weight excluding hydrogens is 252 g/mol. The number of carboxylic acid groups (broad SMARTS) is 1. The van der Waals surface area contributed by atoms with Crippen LogP contribution >= 0.6 is 0 Å². The fourth-order valence-electron chi connectivity index (χ4n) is 2.26. The maximum atomic E-state index is 13.4. The lowest BCUT2D eigenvalue weighted by Gasteiger charge is -2.20. The second-order valence-corrected chi connectivity index (χ2v) is 4.75. The number of rotatable bonds is 4. The molecule has 1 fully saturated rings. The van der Waals surface area contributed by atoms with E-state index in [0.717, 1.165) is 0 Å². The predicted octanol–water partition coefficient (Wildman–Crippen LogP) is 2.43. The summed E-state index contributed by atoms with van der Waals surface area (Å²) in [6.07, 6.45) is 3.62. The SMILES string of the molecule is O=C(O)C1(C/C=C/c2c(F)cccc2F)CCNC1. The van der Waals surface area contributed by atoms with E-state index in [4.69, 9.17) is 0 Å². The molecule has 1 aromatic rings. The maximum absolute atomic E-state index is 13.4. The Hall–Kier alpha value is -1.75. The minimum atomic E-state index is -0.879. The minimum Gasteiger partial charge on any atom is -0.481 e. The van der Waals surface area contributed by atoms with Gasteiger partial charge in [-0.1, -0.05) is 18.2 Å². The first kappa shape index (κ1) is 13.7. The lowest BCUT2D eigenvalue weighted by molar-refractivity contribution is -0.147. The van der Waals surface area contributed by atoms with Crippen LogP contribution in [0.5, 0.6) is 0 Å². The molecule has 1 unspecified atom stereocenters. The van der Waals surface area contributed by atoms with Crippen LogP contribution in [-0.2, 0) is 4.79 Å². The van der Waals surface area contributed by atoms with Gasteiger partial charge in [-0.05, 0) is 31.5 Å². The summed E-state index contributed by atoms with van der Waals surface area (Å²) >= 11 is 0. The molecule has 0 radical (unpaired) electrons. The Balaban J connectivity index is 2.13. The molecule has 0 spiro atoms. The highest BCUT2D eigenvalue weighted by atomic mass is 19.1. The zero-order chi connectivity index (χ0) is 13.9. The molecule has 19 heavy (non-hydrogen) atoms. The van der Waals surface area contributed by atoms with Crippen LogP contribution in [0.2, 0.25) is 0 Å². The van der Waals surface area contributed by atoms with Crippen LogP contribution in [0.15, 0.2) is 24.3 Å². The van der Waals surface area contributed by atoms with Crippen molar-refractivity contribution in [3.8, 4) is 0 Å². The summed E-state index contributed by atoms with van der Waals surface area (Å²) in [6.45, 7) is 1.03. The zero-order valence-electron chi connectivity index (χ0n) is 10.3. The van der Waals surface area contributed by atoms with Crippen molar-refractivity contribution in [3.63, 3.8) is 0 Å². The molecule has 1 aliphatic heterocycles. The van der Waals surface area contributed by atoms with Gasteiger partial charge in [0.15, 0.2) is 0 Å². The van der Waals surface area contributed by atoms with E-state index < -0.39 is 23.0 Å². The molecule has 1 heterocycles. The van der Waals surface area contributed by atoms with Crippen molar-refractivity contribution in [2.75, 3.05) is 13.1 Å². The van der Waals surface area contributed by atoms with E-state index in [1.165, 1.54) is 30.4 Å². The molecule has 3 nitrogen and oxygen atoms in total. The quantitative estimate of drug-likeness (QED) is 0.881. The molecule has 2 rings (SSSR count). The van der Waals surface area contributed by atoms with E-state index in [1.54, 1.807) is 0 Å². The zero-order valence-corrected chi connectivity index (χ0v) is 10.3. The number of halogens is 2. The molecule has 1 atom stereocenters. The lowest BCUT2D eigenvalue weighted by atomic mass is 9.83. The smallest absolute Gasteiger partial charge is 0.311 e. The number of nitrogens with one attached hydrogen (secondary N) is 1. The molecule has 0 bridgehead atoms. The number of allylic oxidation sites excluding steroid dienone is 1. The van der Waals surface area contributed by atoms with Crippen molar-refractivity contribution in [1.82, 2.24) is 5.32 Å². The molecule has 2 N–H and O–H groups in total. The molecule has 1 saturated heterocycles. The highest BCUT2D eigenvalue weighted by Gasteiger charge is 2.40. The summed E-state index contributed by atoms with van der Waals surface area (Å²) < 4.78 is 26.8. The van der Waals surface area contributed by atoms with Gasteiger partial charge in [0.05, 0.1) is 5.41 Å². The van der Waals surface area contributed by atoms with E-state index in [0.29, 0.717) is 19.5 Å². The van der Waals surface area contributed by atoms with Crippen molar-refractivity contribution in [2.45, 2.75) is 12.8 Å². The van der Waals surface area contributed by atoms with Gasteiger partial charge in [0.1, 0.15) is 11.6 Å². The Morgan fingerprint density at radius 3 is 2.63 bits per heavy atom. The number of hydrogen-bond acceptors (Lipinski definition) is 2. The minimum absolute atomic E-state index is 0.131. The van der Waals surface area contributed by atoms with Gasteiger partial charge < -0.3 is 10.4 Å². The van der Waals surface area contributed by atoms with Gasteiger partial charge in [-0.25, -0.2) is 8.78 Å². The summed E-state index contributed by atoms with van der Waals surface area (Å²) in [5.74, 6) is -2.17. The molecule has 1 aliphatic rings. The number of hydrogen-bond donors (Lipinski definition) is 2. The van der Waals surface area contributed by atoms with Crippen molar-refractivity contribution >= 4 is 12.0 Å². The van der Waals surface area contributed by atoms with Gasteiger partial charge >= 0.3 is 5.97 Å². The Bertz CT molecular complexity index is 488. The first-order valence-corrected chi connectivity index (χ1v) is 6.10. The van der Waals surface area contributed by atoms with E-state index in [2.05, 4.69) is 5.32 Å². The Kier molecular flexibility index (Phi) is 3.95. The van der Waals surface area contributed by atoms with Crippen molar-refractivity contribution in [1.29, 1.82) is 0 Å². The van der Waals surface area contributed by atoms with Crippen LogP contribution in [0.3, 0.4) is 0 Å². The molecule has 0 aliphatic carbocycles. The summed E-state index contributed by atoms with van der Waals surface area (Å²) in [5, 5.41) is 12.3. The monoisotopic (exact) mass is 267 g/mol. The topological polar surface area (TPSA) is 49.3 Å². The number of carboxylic acids is 1. The maximum Gasteiger partial charge on any atom is 0.311 e. The Morgan fingerprint density at radius 1 is 1.42 bits per heavy atom. The highest BCUT2D eigenvalue weighted by Crippen LogP contribution is 2.31. The van der Waals surface area contributed by atoms with E-state index >= 15 is 0 Å². The standard InChI is InChI=1S/C14H15F2NO2/c15-11-4-1-5-12(16)10(11)3-2-6-14(13(18)19)7-8-17-9-14/h1-5,17H,6-9H2,(H,18,19)/b3-2+. The molecule has 5 heteroatoms. The average Bonchev–Trinajstić information content (AvgIpc) is 2.83. The predicted molar refractivity (Wildman–Crippen MR) is 67.6 cm³/mol. The van der Waals surface area contributed by atoms with Crippen LogP contribution < -0.4 is 5.32 Å². The largest absolute Gasteiger partial charge is 0.481 e. The van der Waals surface area contributed by atoms with Crippen LogP contribution in [0.25, 0.3) is 6.08 Å². The van der Waals surface area contributed by atoms with Crippen LogP contribution in [0.1, 0.15) is 18.4 Å². The second kappa shape index (κ2) is 5.48. The fraction of sp³-hybridized carbons (Fsp3) is 0.357. The Morgan fingerprint density at radius 2 is 2.11 bits per heavy atom. The highest BCUT2D eigenvalue weighted by molar-refractivity contribution is 5.76. The third-order valence-corrected chi connectivity index (χ3v) is 3.49. The second-order valence-electron chi connectivity index (χ2n) is 4.75. The van der Waals surface area contributed by atoms with Crippen molar-refractivity contribution < 1.29 is 18.7 Å². The van der Waals surface area contributed by atoms with Crippen molar-refractivity contribution in [2.24, 2.45) is 5.41 Å². The summed E-state index contributed by atoms with van der Waals surface area (Å²) in [5.41, 5.74) is -0.993. The molecule has 0 aromatic heterocycles. The summed E-state index contributed by atoms with van der Waals surface area (Å²) in [6, 6.07) is 3.64. The molecular formula is C14H15F2NO2. The van der Waals surface area contributed by atoms with Crippen LogP contribution in [0.4, 0.5) is 8.78 Å². The molecule has 0 saturated carbocycles. The van der Waals surface area contributed by atoms with E-state index in [9.17, 15) is 18.7 Å². The van der Waals surface area contributed by atoms with Gasteiger partial charge in [0, 0.05) is 12.1 Å². The van der Waals surface area contributed by atoms with E-state index in [1.807, 2.05) is 0 Å². The lowest BCUT2D eigenvalue weighted by Crippen LogP contribution is -2.32. The Labute approximate surface area is 109 Å². The first-order valence-electron chi connectivity index (χ1n) is 6.10. The number of aliphatic carboxylic acids is 1. The normalized spacial score (nSPS) is 23.1. The summed E-state index contributed by atoms with van der Waals surface area (Å²) in [4.78, 5) is 11.3. The number of carbonyl (C=O) groups is 1. The van der Waals surface area contributed by atoms with Crippen molar-refractivity contribution in [3.05, 3.63) is 41.5 Å². The van der Waals surface area contributed by atoms with Crippen LogP contribution in [0, 0.1) is 17.0 Å². The summed E-state index contributed by atoms with van der Waals surface area (Å²) in [7, 11) is 0. The van der Waals surface area contributed by atoms with Gasteiger partial charge in [-0.3, -0.25) is 4.79 Å². The molecule has 102 valence electrons. The van der Waals surface area contributed by atoms with Gasteiger partial charge in [0.25, 0.3) is 0 Å². The third-order valence-electron chi connectivity index (χ3n) is 3.49. The fourth-order valence-corrected chi connectivity index (χ4v) is 2.26. The molecule has 0 amide bonds. The van der Waals surface area contributed by atoms with Gasteiger partial charge in [-0.2, -0.15) is 0 Å². The van der Waals surface area contributed by atoms with E-state index in [-0.39, 0.29) is 12.0 Å². The molecule has 1 aromatic carbocycles. The van der Waals surface area contributed by atoms with Crippen LogP contribution in [-0.4, -0.2) is 24.2 Å². The first-order chi connectivity index (χ1) is 9.05. The van der Waals surface area contributed by atoms with Gasteiger partial charge in [-0.15, -0.1) is 0 Å².